The summed E-state index contributed by atoms with van der Waals surface area (Å²) < 4.78 is 0. The number of anilines is 1. The van der Waals surface area contributed by atoms with Crippen molar-refractivity contribution in [2.75, 3.05) is 5.32 Å². The first-order valence-electron chi connectivity index (χ1n) is 3.11. The molecule has 3 nitrogen and oxygen atoms in total. The summed E-state index contributed by atoms with van der Waals surface area (Å²) in [6.45, 7) is 0. The number of nitrogens with one attached hydrogen (secondary N) is 1. The number of benzene rings is 1. The van der Waals surface area contributed by atoms with E-state index in [9.17, 15) is 0 Å². The normalized spacial score (nSPS) is 15.7. The van der Waals surface area contributed by atoms with E-state index >= 15 is 0 Å². The second-order valence-corrected chi connectivity index (χ2v) is 2.16. The topological polar surface area (TPSA) is 46.4 Å². The predicted octanol–water partition coefficient (Wildman–Crippen LogP) is 0.624. The first-order valence-corrected chi connectivity index (χ1v) is 3.11. The van der Waals surface area contributed by atoms with Crippen molar-refractivity contribution in [2.24, 2.45) is 0 Å². The lowest BCUT2D eigenvalue weighted by Gasteiger charge is -1.97. The van der Waals surface area contributed by atoms with Gasteiger partial charge in [-0.05, 0) is 12.1 Å². The molecular formula is C7H7N2O. The molecule has 10 heavy (non-hydrogen) atoms. The molecule has 1 unspecified atom stereocenters. The fraction of sp³-hybridized carbons (Fsp3) is 0.143. The molecule has 0 aromatic heterocycles. The minimum atomic E-state index is -0.752. The Morgan fingerprint density at radius 3 is 3.00 bits per heavy atom. The Morgan fingerprint density at radius 1 is 1.40 bits per heavy atom. The van der Waals surface area contributed by atoms with Crippen molar-refractivity contribution < 1.29 is 5.11 Å². The summed E-state index contributed by atoms with van der Waals surface area (Å²) in [6, 6.07) is 7.54. The molecule has 1 aliphatic heterocycles. The minimum Gasteiger partial charge on any atom is -0.355 e. The van der Waals surface area contributed by atoms with Crippen LogP contribution in [0.1, 0.15) is 0 Å². The maximum atomic E-state index is 8.97. The second kappa shape index (κ2) is 1.88. The smallest absolute Gasteiger partial charge is 0.223 e. The van der Waals surface area contributed by atoms with Gasteiger partial charge in [-0.3, -0.25) is 0 Å². The van der Waals surface area contributed by atoms with E-state index in [2.05, 4.69) is 10.6 Å². The van der Waals surface area contributed by atoms with Crippen LogP contribution in [0.3, 0.4) is 0 Å². The lowest BCUT2D eigenvalue weighted by Crippen LogP contribution is -2.19. The number of hydrogen-bond acceptors (Lipinski definition) is 2. The maximum absolute atomic E-state index is 8.97. The zero-order chi connectivity index (χ0) is 6.97. The fourth-order valence-corrected chi connectivity index (χ4v) is 1.01. The molecule has 3 heteroatoms. The van der Waals surface area contributed by atoms with Crippen molar-refractivity contribution in [1.29, 1.82) is 0 Å². The van der Waals surface area contributed by atoms with Crippen molar-refractivity contribution >= 4 is 11.4 Å². The van der Waals surface area contributed by atoms with Gasteiger partial charge in [-0.15, -0.1) is 0 Å². The van der Waals surface area contributed by atoms with Gasteiger partial charge in [0.05, 0.1) is 11.4 Å². The van der Waals surface area contributed by atoms with Gasteiger partial charge in [-0.2, -0.15) is 0 Å². The van der Waals surface area contributed by atoms with Crippen LogP contribution in [0.15, 0.2) is 24.3 Å². The first-order chi connectivity index (χ1) is 4.86. The van der Waals surface area contributed by atoms with Gasteiger partial charge in [0, 0.05) is 0 Å². The number of aliphatic hydroxyl groups is 1. The molecule has 1 aromatic rings. The van der Waals surface area contributed by atoms with Gasteiger partial charge in [-0.1, -0.05) is 12.1 Å². The standard InChI is InChI=1S/C7H7N2O/c10-7-8-5-3-1-2-4-6(5)9-7/h1-4,7-8,10H. The third kappa shape index (κ3) is 0.717. The number of rotatable bonds is 0. The molecule has 51 valence electrons. The SMILES string of the molecule is OC1[N]c2ccccc2N1. The van der Waals surface area contributed by atoms with E-state index in [0.29, 0.717) is 0 Å². The molecule has 1 aromatic carbocycles. The molecule has 0 saturated heterocycles. The highest BCUT2D eigenvalue weighted by Gasteiger charge is 2.16. The summed E-state index contributed by atoms with van der Waals surface area (Å²) in [6.07, 6.45) is -0.752. The number of para-hydroxylation sites is 2. The van der Waals surface area contributed by atoms with Crippen LogP contribution in [0, 0.1) is 0 Å². The Labute approximate surface area is 58.7 Å². The highest BCUT2D eigenvalue weighted by molar-refractivity contribution is 5.68. The molecule has 1 heterocycles. The monoisotopic (exact) mass is 135 g/mol. The van der Waals surface area contributed by atoms with Crippen molar-refractivity contribution in [3.63, 3.8) is 0 Å². The molecule has 0 aliphatic carbocycles. The Hall–Kier alpha value is -1.22. The molecule has 1 radical (unpaired) electrons. The van der Waals surface area contributed by atoms with E-state index in [4.69, 9.17) is 5.11 Å². The molecule has 2 N–H and O–H groups in total. The average molecular weight is 135 g/mol. The van der Waals surface area contributed by atoms with Crippen molar-refractivity contribution in [1.82, 2.24) is 5.32 Å². The maximum Gasteiger partial charge on any atom is 0.223 e. The van der Waals surface area contributed by atoms with E-state index in [1.807, 2.05) is 24.3 Å². The van der Waals surface area contributed by atoms with Crippen molar-refractivity contribution in [2.45, 2.75) is 6.35 Å². The van der Waals surface area contributed by atoms with Gasteiger partial charge >= 0.3 is 0 Å². The quantitative estimate of drug-likeness (QED) is 0.548. The molecular weight excluding hydrogens is 128 g/mol. The van der Waals surface area contributed by atoms with Gasteiger partial charge < -0.3 is 10.4 Å². The Kier molecular flexibility index (Phi) is 1.05. The molecule has 1 aliphatic rings. The van der Waals surface area contributed by atoms with E-state index in [1.165, 1.54) is 0 Å². The van der Waals surface area contributed by atoms with Crippen molar-refractivity contribution in [3.8, 4) is 0 Å². The Morgan fingerprint density at radius 2 is 2.20 bits per heavy atom. The van der Waals surface area contributed by atoms with Crippen LogP contribution in [0.5, 0.6) is 0 Å². The molecule has 2 rings (SSSR count). The third-order valence-electron chi connectivity index (χ3n) is 1.45. The number of aliphatic hydroxyl groups excluding tert-OH is 1. The van der Waals surface area contributed by atoms with Gasteiger partial charge in [0.2, 0.25) is 6.35 Å². The van der Waals surface area contributed by atoms with E-state index in [0.717, 1.165) is 11.4 Å². The van der Waals surface area contributed by atoms with Crippen LogP contribution in [-0.2, 0) is 0 Å². The van der Waals surface area contributed by atoms with Gasteiger partial charge in [-0.25, -0.2) is 5.32 Å². The summed E-state index contributed by atoms with van der Waals surface area (Å²) in [4.78, 5) is 0. The van der Waals surface area contributed by atoms with Crippen molar-refractivity contribution in [3.05, 3.63) is 24.3 Å². The lowest BCUT2D eigenvalue weighted by atomic mass is 10.3. The van der Waals surface area contributed by atoms with Crippen LogP contribution in [0.2, 0.25) is 0 Å². The molecule has 0 bridgehead atoms. The van der Waals surface area contributed by atoms with E-state index in [1.54, 1.807) is 0 Å². The predicted molar refractivity (Wildman–Crippen MR) is 37.9 cm³/mol. The summed E-state index contributed by atoms with van der Waals surface area (Å²) in [5, 5.41) is 15.7. The highest BCUT2D eigenvalue weighted by Crippen LogP contribution is 2.26. The average Bonchev–Trinajstić information content (AvgIpc) is 2.27. The summed E-state index contributed by atoms with van der Waals surface area (Å²) >= 11 is 0. The van der Waals surface area contributed by atoms with Crippen LogP contribution in [-0.4, -0.2) is 11.5 Å². The van der Waals surface area contributed by atoms with Gasteiger partial charge in [0.1, 0.15) is 0 Å². The largest absolute Gasteiger partial charge is 0.355 e. The van der Waals surface area contributed by atoms with Crippen LogP contribution in [0.4, 0.5) is 11.4 Å². The number of fused-ring (bicyclic) bond motifs is 1. The van der Waals surface area contributed by atoms with Gasteiger partial charge in [0.25, 0.3) is 0 Å². The van der Waals surface area contributed by atoms with Crippen LogP contribution >= 0.6 is 0 Å². The highest BCUT2D eigenvalue weighted by atomic mass is 16.3. The Balaban J connectivity index is 2.42. The second-order valence-electron chi connectivity index (χ2n) is 2.16. The zero-order valence-corrected chi connectivity index (χ0v) is 5.28. The fourth-order valence-electron chi connectivity index (χ4n) is 1.01. The molecule has 1 atom stereocenters. The molecule has 0 amide bonds. The summed E-state index contributed by atoms with van der Waals surface area (Å²) in [5.74, 6) is 0. The Bertz CT molecular complexity index is 224. The van der Waals surface area contributed by atoms with E-state index in [-0.39, 0.29) is 0 Å². The first kappa shape index (κ1) is 5.56. The summed E-state index contributed by atoms with van der Waals surface area (Å²) in [7, 11) is 0. The van der Waals surface area contributed by atoms with Crippen LogP contribution < -0.4 is 10.6 Å². The van der Waals surface area contributed by atoms with E-state index < -0.39 is 6.35 Å². The molecule has 0 spiro atoms. The van der Waals surface area contributed by atoms with Crippen LogP contribution in [0.25, 0.3) is 0 Å². The lowest BCUT2D eigenvalue weighted by molar-refractivity contribution is 0.189. The zero-order valence-electron chi connectivity index (χ0n) is 5.28. The third-order valence-corrected chi connectivity index (χ3v) is 1.45. The molecule has 0 fully saturated rings. The molecule has 0 saturated carbocycles. The number of hydrogen-bond donors (Lipinski definition) is 2. The minimum absolute atomic E-state index is 0.752. The van der Waals surface area contributed by atoms with Gasteiger partial charge in [0.15, 0.2) is 0 Å². The summed E-state index contributed by atoms with van der Waals surface area (Å²) in [5.41, 5.74) is 1.73. The number of nitrogens with zero attached hydrogens (tertiary/aromatic N) is 1.